The summed E-state index contributed by atoms with van der Waals surface area (Å²) in [5.74, 6) is 0. The van der Waals surface area contributed by atoms with E-state index in [0.717, 1.165) is 38.3 Å². The molecule has 1 saturated heterocycles. The van der Waals surface area contributed by atoms with E-state index in [1.807, 2.05) is 12.4 Å². The monoisotopic (exact) mass is 254 g/mol. The first-order chi connectivity index (χ1) is 9.43. The van der Waals surface area contributed by atoms with Crippen LogP contribution in [0.25, 0.3) is 11.1 Å². The lowest BCUT2D eigenvalue weighted by molar-refractivity contribution is 0.233. The van der Waals surface area contributed by atoms with Gasteiger partial charge in [-0.25, -0.2) is 9.97 Å². The van der Waals surface area contributed by atoms with Crippen molar-refractivity contribution >= 4 is 0 Å². The maximum Gasteiger partial charge on any atom is 0.115 e. The maximum absolute atomic E-state index is 4.11. The molecule has 0 amide bonds. The van der Waals surface area contributed by atoms with Crippen LogP contribution in [0.15, 0.2) is 43.0 Å². The van der Waals surface area contributed by atoms with Crippen LogP contribution in [0.3, 0.4) is 0 Å². The average Bonchev–Trinajstić information content (AvgIpc) is 2.50. The Balaban J connectivity index is 1.85. The molecule has 0 bridgehead atoms. The van der Waals surface area contributed by atoms with Crippen molar-refractivity contribution in [2.75, 3.05) is 26.2 Å². The molecule has 1 N–H and O–H groups in total. The van der Waals surface area contributed by atoms with Crippen molar-refractivity contribution in [3.8, 4) is 11.1 Å². The number of aromatic nitrogens is 2. The highest BCUT2D eigenvalue weighted by atomic mass is 15.2. The van der Waals surface area contributed by atoms with Gasteiger partial charge in [0.1, 0.15) is 6.33 Å². The van der Waals surface area contributed by atoms with E-state index >= 15 is 0 Å². The largest absolute Gasteiger partial charge is 0.314 e. The lowest BCUT2D eigenvalue weighted by Crippen LogP contribution is -2.42. The second-order valence-corrected chi connectivity index (χ2v) is 4.81. The Morgan fingerprint density at radius 2 is 1.79 bits per heavy atom. The fourth-order valence-corrected chi connectivity index (χ4v) is 2.49. The molecule has 98 valence electrons. The Labute approximate surface area is 113 Å². The highest BCUT2D eigenvalue weighted by molar-refractivity contribution is 5.65. The van der Waals surface area contributed by atoms with Crippen LogP contribution in [0.5, 0.6) is 0 Å². The minimum absolute atomic E-state index is 0.993. The molecule has 19 heavy (non-hydrogen) atoms. The number of piperazine rings is 1. The fourth-order valence-electron chi connectivity index (χ4n) is 2.49. The molecule has 1 aliphatic rings. The van der Waals surface area contributed by atoms with E-state index in [2.05, 4.69) is 44.5 Å². The van der Waals surface area contributed by atoms with E-state index in [-0.39, 0.29) is 0 Å². The Morgan fingerprint density at radius 1 is 1.05 bits per heavy atom. The van der Waals surface area contributed by atoms with E-state index < -0.39 is 0 Å². The van der Waals surface area contributed by atoms with Crippen molar-refractivity contribution in [1.29, 1.82) is 0 Å². The van der Waals surface area contributed by atoms with Crippen LogP contribution < -0.4 is 5.32 Å². The van der Waals surface area contributed by atoms with Crippen molar-refractivity contribution in [3.63, 3.8) is 0 Å². The van der Waals surface area contributed by atoms with Gasteiger partial charge in [-0.2, -0.15) is 0 Å². The molecule has 2 aromatic rings. The molecule has 0 saturated carbocycles. The fraction of sp³-hybridized carbons (Fsp3) is 0.333. The Morgan fingerprint density at radius 3 is 2.58 bits per heavy atom. The van der Waals surface area contributed by atoms with Crippen molar-refractivity contribution < 1.29 is 0 Å². The van der Waals surface area contributed by atoms with E-state index in [4.69, 9.17) is 0 Å². The van der Waals surface area contributed by atoms with Gasteiger partial charge in [-0.1, -0.05) is 24.3 Å². The molecule has 4 heteroatoms. The van der Waals surface area contributed by atoms with E-state index in [0.29, 0.717) is 0 Å². The summed E-state index contributed by atoms with van der Waals surface area (Å²) in [7, 11) is 0. The zero-order chi connectivity index (χ0) is 12.9. The standard InChI is InChI=1S/C15H18N4/c1-2-4-15(14-9-17-12-18-10-14)13(3-1)11-19-7-5-16-6-8-19/h1-4,9-10,12,16H,5-8,11H2. The minimum atomic E-state index is 0.993. The van der Waals surface area contributed by atoms with Gasteiger partial charge in [0.05, 0.1) is 0 Å². The third-order valence-corrected chi connectivity index (χ3v) is 3.49. The smallest absolute Gasteiger partial charge is 0.115 e. The number of nitrogens with zero attached hydrogens (tertiary/aromatic N) is 3. The zero-order valence-corrected chi connectivity index (χ0v) is 10.9. The quantitative estimate of drug-likeness (QED) is 0.902. The van der Waals surface area contributed by atoms with Crippen LogP contribution in [0.4, 0.5) is 0 Å². The molecule has 1 aliphatic heterocycles. The van der Waals surface area contributed by atoms with Crippen molar-refractivity contribution in [3.05, 3.63) is 48.5 Å². The summed E-state index contributed by atoms with van der Waals surface area (Å²) in [6.07, 6.45) is 5.33. The SMILES string of the molecule is c1ccc(-c2cncnc2)c(CN2CCNCC2)c1. The van der Waals surface area contributed by atoms with Crippen molar-refractivity contribution in [1.82, 2.24) is 20.2 Å². The first-order valence-electron chi connectivity index (χ1n) is 6.70. The lowest BCUT2D eigenvalue weighted by atomic mass is 10.0. The summed E-state index contributed by atoms with van der Waals surface area (Å²) in [5.41, 5.74) is 3.68. The molecule has 1 aromatic carbocycles. The summed E-state index contributed by atoms with van der Waals surface area (Å²) >= 11 is 0. The first kappa shape index (κ1) is 12.3. The Hall–Kier alpha value is -1.78. The summed E-state index contributed by atoms with van der Waals surface area (Å²) in [6.45, 7) is 5.37. The number of rotatable bonds is 3. The highest BCUT2D eigenvalue weighted by Gasteiger charge is 2.12. The second kappa shape index (κ2) is 5.91. The molecular weight excluding hydrogens is 236 g/mol. The summed E-state index contributed by atoms with van der Waals surface area (Å²) < 4.78 is 0. The van der Waals surface area contributed by atoms with Crippen LogP contribution in [-0.4, -0.2) is 41.0 Å². The van der Waals surface area contributed by atoms with Gasteiger partial charge >= 0.3 is 0 Å². The molecule has 1 fully saturated rings. The van der Waals surface area contributed by atoms with Crippen LogP contribution in [-0.2, 0) is 6.54 Å². The van der Waals surface area contributed by atoms with Crippen LogP contribution in [0.1, 0.15) is 5.56 Å². The van der Waals surface area contributed by atoms with Crippen molar-refractivity contribution in [2.45, 2.75) is 6.54 Å². The van der Waals surface area contributed by atoms with Gasteiger partial charge in [-0.05, 0) is 11.1 Å². The summed E-state index contributed by atoms with van der Waals surface area (Å²) in [4.78, 5) is 10.7. The van der Waals surface area contributed by atoms with Gasteiger partial charge in [-0.15, -0.1) is 0 Å². The second-order valence-electron chi connectivity index (χ2n) is 4.81. The van der Waals surface area contributed by atoms with Crippen LogP contribution >= 0.6 is 0 Å². The van der Waals surface area contributed by atoms with Gasteiger partial charge < -0.3 is 5.32 Å². The van der Waals surface area contributed by atoms with Crippen LogP contribution in [0, 0.1) is 0 Å². The predicted octanol–water partition coefficient (Wildman–Crippen LogP) is 1.55. The molecule has 0 aliphatic carbocycles. The van der Waals surface area contributed by atoms with Gasteiger partial charge in [0.15, 0.2) is 0 Å². The molecule has 0 radical (unpaired) electrons. The number of hydrogen-bond acceptors (Lipinski definition) is 4. The summed E-state index contributed by atoms with van der Waals surface area (Å²) in [5, 5.41) is 3.39. The first-order valence-corrected chi connectivity index (χ1v) is 6.70. The van der Waals surface area contributed by atoms with E-state index in [1.54, 1.807) is 6.33 Å². The third-order valence-electron chi connectivity index (χ3n) is 3.49. The number of nitrogens with one attached hydrogen (secondary N) is 1. The Kier molecular flexibility index (Phi) is 3.81. The zero-order valence-electron chi connectivity index (χ0n) is 10.9. The van der Waals surface area contributed by atoms with E-state index in [9.17, 15) is 0 Å². The van der Waals surface area contributed by atoms with Gasteiger partial charge in [0.25, 0.3) is 0 Å². The van der Waals surface area contributed by atoms with Crippen molar-refractivity contribution in [2.24, 2.45) is 0 Å². The Bertz CT molecular complexity index is 521. The molecule has 3 rings (SSSR count). The molecule has 4 nitrogen and oxygen atoms in total. The summed E-state index contributed by atoms with van der Waals surface area (Å²) in [6, 6.07) is 8.52. The van der Waals surface area contributed by atoms with Gasteiger partial charge in [0, 0.05) is 50.7 Å². The molecule has 0 atom stereocenters. The predicted molar refractivity (Wildman–Crippen MR) is 75.6 cm³/mol. The minimum Gasteiger partial charge on any atom is -0.314 e. The van der Waals surface area contributed by atoms with Crippen LogP contribution in [0.2, 0.25) is 0 Å². The third kappa shape index (κ3) is 2.97. The topological polar surface area (TPSA) is 41.1 Å². The maximum atomic E-state index is 4.11. The molecular formula is C15H18N4. The number of hydrogen-bond donors (Lipinski definition) is 1. The van der Waals surface area contributed by atoms with Gasteiger partial charge in [0.2, 0.25) is 0 Å². The normalized spacial score (nSPS) is 16.4. The number of benzene rings is 1. The van der Waals surface area contributed by atoms with E-state index in [1.165, 1.54) is 11.1 Å². The lowest BCUT2D eigenvalue weighted by Gasteiger charge is -2.28. The molecule has 1 aromatic heterocycles. The molecule has 0 spiro atoms. The molecule has 0 unspecified atom stereocenters. The van der Waals surface area contributed by atoms with Gasteiger partial charge in [-0.3, -0.25) is 4.90 Å². The highest BCUT2D eigenvalue weighted by Crippen LogP contribution is 2.23. The average molecular weight is 254 g/mol. The molecule has 2 heterocycles.